The number of nitrogens with one attached hydrogen (secondary N) is 2. The number of anilines is 1. The molecule has 2 aliphatic rings. The van der Waals surface area contributed by atoms with Crippen LogP contribution in [0.1, 0.15) is 43.4 Å². The monoisotopic (exact) mass is 218 g/mol. The van der Waals surface area contributed by atoms with E-state index in [4.69, 9.17) is 0 Å². The van der Waals surface area contributed by atoms with Crippen molar-refractivity contribution in [1.82, 2.24) is 15.3 Å². The van der Waals surface area contributed by atoms with Gasteiger partial charge < -0.3 is 10.6 Å². The van der Waals surface area contributed by atoms with Gasteiger partial charge in [-0.05, 0) is 12.8 Å². The summed E-state index contributed by atoms with van der Waals surface area (Å²) in [6.45, 7) is 1.79. The summed E-state index contributed by atoms with van der Waals surface area (Å²) in [5, 5.41) is 6.91. The average Bonchev–Trinajstić information content (AvgIpc) is 2.80. The van der Waals surface area contributed by atoms with Crippen molar-refractivity contribution in [2.45, 2.75) is 51.2 Å². The number of nitrogens with zero attached hydrogens (tertiary/aromatic N) is 2. The van der Waals surface area contributed by atoms with Crippen LogP contribution >= 0.6 is 0 Å². The summed E-state index contributed by atoms with van der Waals surface area (Å²) in [6, 6.07) is 0.619. The second-order valence-corrected chi connectivity index (χ2v) is 4.73. The third-order valence-electron chi connectivity index (χ3n) is 3.57. The van der Waals surface area contributed by atoms with Gasteiger partial charge in [0.05, 0.1) is 5.69 Å². The zero-order valence-corrected chi connectivity index (χ0v) is 9.50. The highest BCUT2D eigenvalue weighted by atomic mass is 15.1. The van der Waals surface area contributed by atoms with Gasteiger partial charge in [0, 0.05) is 24.7 Å². The lowest BCUT2D eigenvalue weighted by molar-refractivity contribution is 0.461. The molecular weight excluding hydrogens is 200 g/mol. The molecule has 1 aliphatic carbocycles. The fourth-order valence-corrected chi connectivity index (χ4v) is 2.66. The van der Waals surface area contributed by atoms with Crippen molar-refractivity contribution in [1.29, 1.82) is 0 Å². The van der Waals surface area contributed by atoms with E-state index in [1.165, 1.54) is 37.7 Å². The first-order chi connectivity index (χ1) is 7.93. The van der Waals surface area contributed by atoms with Gasteiger partial charge in [0.25, 0.3) is 0 Å². The smallest absolute Gasteiger partial charge is 0.134 e. The Balaban J connectivity index is 1.76. The molecule has 0 atom stereocenters. The molecule has 1 fully saturated rings. The zero-order valence-electron chi connectivity index (χ0n) is 9.50. The Labute approximate surface area is 95.9 Å². The lowest BCUT2D eigenvalue weighted by Gasteiger charge is -2.24. The Hall–Kier alpha value is -1.16. The standard InChI is InChI=1S/C12H18N4/c1-2-4-9(5-3-1)16-12-10-6-13-7-11(10)14-8-15-12/h8-9,13H,1-7H2,(H,14,15,16). The molecule has 1 aromatic rings. The molecule has 0 spiro atoms. The predicted molar refractivity (Wildman–Crippen MR) is 63.1 cm³/mol. The van der Waals surface area contributed by atoms with Crippen molar-refractivity contribution in [3.63, 3.8) is 0 Å². The highest BCUT2D eigenvalue weighted by molar-refractivity contribution is 5.48. The van der Waals surface area contributed by atoms with Crippen molar-refractivity contribution < 1.29 is 0 Å². The van der Waals surface area contributed by atoms with Crippen LogP contribution in [-0.4, -0.2) is 16.0 Å². The lowest BCUT2D eigenvalue weighted by atomic mass is 9.95. The number of hydrogen-bond acceptors (Lipinski definition) is 4. The normalized spacial score (nSPS) is 20.8. The Morgan fingerprint density at radius 2 is 2.00 bits per heavy atom. The first-order valence-electron chi connectivity index (χ1n) is 6.23. The van der Waals surface area contributed by atoms with Gasteiger partial charge in [-0.3, -0.25) is 0 Å². The van der Waals surface area contributed by atoms with Gasteiger partial charge in [0.2, 0.25) is 0 Å². The van der Waals surface area contributed by atoms with Crippen LogP contribution in [0.15, 0.2) is 6.33 Å². The molecule has 1 aromatic heterocycles. The van der Waals surface area contributed by atoms with Crippen LogP contribution in [0, 0.1) is 0 Å². The van der Waals surface area contributed by atoms with Crippen LogP contribution in [0.25, 0.3) is 0 Å². The van der Waals surface area contributed by atoms with E-state index in [2.05, 4.69) is 20.6 Å². The second kappa shape index (κ2) is 4.37. The minimum absolute atomic E-state index is 0.619. The molecule has 4 heteroatoms. The van der Waals surface area contributed by atoms with E-state index >= 15 is 0 Å². The molecule has 0 aromatic carbocycles. The lowest BCUT2D eigenvalue weighted by Crippen LogP contribution is -2.23. The summed E-state index contributed by atoms with van der Waals surface area (Å²) < 4.78 is 0. The highest BCUT2D eigenvalue weighted by Crippen LogP contribution is 2.24. The van der Waals surface area contributed by atoms with Crippen LogP contribution in [-0.2, 0) is 13.1 Å². The molecule has 0 saturated heterocycles. The Kier molecular flexibility index (Phi) is 2.74. The summed E-state index contributed by atoms with van der Waals surface area (Å²) in [6.07, 6.45) is 8.34. The minimum Gasteiger partial charge on any atom is -0.367 e. The molecular formula is C12H18N4. The molecule has 0 unspecified atom stereocenters. The van der Waals surface area contributed by atoms with Crippen molar-refractivity contribution in [3.05, 3.63) is 17.6 Å². The van der Waals surface area contributed by atoms with Crippen molar-refractivity contribution >= 4 is 5.82 Å². The number of fused-ring (bicyclic) bond motifs is 1. The van der Waals surface area contributed by atoms with E-state index in [9.17, 15) is 0 Å². The Bertz CT molecular complexity index is 371. The first kappa shape index (κ1) is 10.0. The molecule has 1 saturated carbocycles. The van der Waals surface area contributed by atoms with Crippen LogP contribution in [0.4, 0.5) is 5.82 Å². The Morgan fingerprint density at radius 1 is 1.12 bits per heavy atom. The number of aromatic nitrogens is 2. The van der Waals surface area contributed by atoms with Crippen LogP contribution in [0.3, 0.4) is 0 Å². The summed E-state index contributed by atoms with van der Waals surface area (Å²) in [5.74, 6) is 1.06. The molecule has 4 nitrogen and oxygen atoms in total. The van der Waals surface area contributed by atoms with Gasteiger partial charge in [-0.25, -0.2) is 9.97 Å². The fraction of sp³-hybridized carbons (Fsp3) is 0.667. The third-order valence-corrected chi connectivity index (χ3v) is 3.57. The van der Waals surface area contributed by atoms with Gasteiger partial charge in [-0.15, -0.1) is 0 Å². The Morgan fingerprint density at radius 3 is 2.88 bits per heavy atom. The van der Waals surface area contributed by atoms with E-state index < -0.39 is 0 Å². The molecule has 16 heavy (non-hydrogen) atoms. The largest absolute Gasteiger partial charge is 0.367 e. The summed E-state index contributed by atoms with van der Waals surface area (Å²) in [5.41, 5.74) is 2.43. The third kappa shape index (κ3) is 1.89. The SMILES string of the molecule is c1nc2c(c(NC3CCCCC3)n1)CNC2. The topological polar surface area (TPSA) is 49.8 Å². The summed E-state index contributed by atoms with van der Waals surface area (Å²) >= 11 is 0. The summed E-state index contributed by atoms with van der Waals surface area (Å²) in [4.78, 5) is 8.68. The molecule has 0 amide bonds. The van der Waals surface area contributed by atoms with Gasteiger partial charge in [0.15, 0.2) is 0 Å². The van der Waals surface area contributed by atoms with E-state index in [-0.39, 0.29) is 0 Å². The molecule has 0 bridgehead atoms. The first-order valence-corrected chi connectivity index (χ1v) is 6.23. The van der Waals surface area contributed by atoms with Crippen LogP contribution in [0.2, 0.25) is 0 Å². The van der Waals surface area contributed by atoms with Gasteiger partial charge in [0.1, 0.15) is 12.1 Å². The second-order valence-electron chi connectivity index (χ2n) is 4.73. The molecule has 2 N–H and O–H groups in total. The maximum atomic E-state index is 4.38. The molecule has 2 heterocycles. The zero-order chi connectivity index (χ0) is 10.8. The van der Waals surface area contributed by atoms with Crippen molar-refractivity contribution in [3.8, 4) is 0 Å². The van der Waals surface area contributed by atoms with Gasteiger partial charge in [-0.2, -0.15) is 0 Å². The predicted octanol–water partition coefficient (Wildman–Crippen LogP) is 1.82. The maximum Gasteiger partial charge on any atom is 0.134 e. The van der Waals surface area contributed by atoms with E-state index in [1.807, 2.05) is 0 Å². The van der Waals surface area contributed by atoms with E-state index in [1.54, 1.807) is 6.33 Å². The number of rotatable bonds is 2. The van der Waals surface area contributed by atoms with Crippen LogP contribution < -0.4 is 10.6 Å². The maximum absolute atomic E-state index is 4.38. The fourth-order valence-electron chi connectivity index (χ4n) is 2.66. The minimum atomic E-state index is 0.619. The van der Waals surface area contributed by atoms with E-state index in [0.717, 1.165) is 24.6 Å². The molecule has 86 valence electrons. The van der Waals surface area contributed by atoms with E-state index in [0.29, 0.717) is 6.04 Å². The van der Waals surface area contributed by atoms with Gasteiger partial charge >= 0.3 is 0 Å². The molecule has 3 rings (SSSR count). The van der Waals surface area contributed by atoms with Crippen molar-refractivity contribution in [2.24, 2.45) is 0 Å². The number of hydrogen-bond donors (Lipinski definition) is 2. The highest BCUT2D eigenvalue weighted by Gasteiger charge is 2.19. The molecule has 1 aliphatic heterocycles. The molecule has 0 radical (unpaired) electrons. The van der Waals surface area contributed by atoms with Gasteiger partial charge in [-0.1, -0.05) is 19.3 Å². The van der Waals surface area contributed by atoms with Crippen molar-refractivity contribution in [2.75, 3.05) is 5.32 Å². The summed E-state index contributed by atoms with van der Waals surface area (Å²) in [7, 11) is 0. The quantitative estimate of drug-likeness (QED) is 0.795. The van der Waals surface area contributed by atoms with Crippen LogP contribution in [0.5, 0.6) is 0 Å². The average molecular weight is 218 g/mol.